The molecule has 0 aliphatic carbocycles. The van der Waals surface area contributed by atoms with Gasteiger partial charge in [0, 0.05) is 24.6 Å². The van der Waals surface area contributed by atoms with E-state index in [0.29, 0.717) is 6.10 Å². The van der Waals surface area contributed by atoms with Crippen LogP contribution in [0.15, 0.2) is 67.0 Å². The first-order valence-electron chi connectivity index (χ1n) is 11.7. The molecule has 168 valence electrons. The molecule has 4 heteroatoms. The quantitative estimate of drug-likeness (QED) is 0.306. The monoisotopic (exact) mass is 430 g/mol. The lowest BCUT2D eigenvalue weighted by Crippen LogP contribution is -2.08. The molecule has 3 rings (SSSR count). The molecule has 0 radical (unpaired) electrons. The van der Waals surface area contributed by atoms with Crippen LogP contribution in [-0.2, 0) is 4.74 Å². The molecule has 3 aromatic rings. The molecular weight excluding hydrogens is 396 g/mol. The Bertz CT molecular complexity index is 948. The van der Waals surface area contributed by atoms with Crippen molar-refractivity contribution in [1.82, 2.24) is 9.97 Å². The highest BCUT2D eigenvalue weighted by Gasteiger charge is 2.03. The number of hydrogen-bond donors (Lipinski definition) is 1. The normalized spacial score (nSPS) is 12.3. The maximum absolute atomic E-state index is 9.23. The smallest absolute Gasteiger partial charge is 0.313 e. The van der Waals surface area contributed by atoms with Crippen molar-refractivity contribution >= 4 is 6.08 Å². The molecule has 0 amide bonds. The van der Waals surface area contributed by atoms with Crippen LogP contribution in [-0.4, -0.2) is 27.8 Å². The van der Waals surface area contributed by atoms with Crippen LogP contribution in [0.5, 0.6) is 6.01 Å². The summed E-state index contributed by atoms with van der Waals surface area (Å²) in [6.45, 7) is 5.29. The van der Waals surface area contributed by atoms with Crippen molar-refractivity contribution in [2.24, 2.45) is 0 Å². The van der Waals surface area contributed by atoms with E-state index >= 15 is 0 Å². The van der Waals surface area contributed by atoms with Crippen molar-refractivity contribution in [1.29, 1.82) is 0 Å². The number of ether oxygens (including phenoxy) is 1. The van der Waals surface area contributed by atoms with Gasteiger partial charge in [0.05, 0.1) is 6.10 Å². The number of aromatic hydroxyl groups is 1. The van der Waals surface area contributed by atoms with Crippen LogP contribution in [0, 0.1) is 0 Å². The zero-order valence-electron chi connectivity index (χ0n) is 19.2. The fourth-order valence-corrected chi connectivity index (χ4v) is 3.57. The minimum Gasteiger partial charge on any atom is -0.479 e. The highest BCUT2D eigenvalue weighted by molar-refractivity contribution is 5.70. The number of aromatic nitrogens is 2. The lowest BCUT2D eigenvalue weighted by molar-refractivity contribution is 0.0566. The van der Waals surface area contributed by atoms with Gasteiger partial charge in [-0.25, -0.2) is 9.97 Å². The predicted molar refractivity (Wildman–Crippen MR) is 132 cm³/mol. The summed E-state index contributed by atoms with van der Waals surface area (Å²) in [5.74, 6) is 0. The van der Waals surface area contributed by atoms with E-state index in [1.165, 1.54) is 30.4 Å². The Morgan fingerprint density at radius 1 is 0.844 bits per heavy atom. The maximum Gasteiger partial charge on any atom is 0.313 e. The first kappa shape index (κ1) is 23.7. The molecule has 4 nitrogen and oxygen atoms in total. The van der Waals surface area contributed by atoms with Crippen molar-refractivity contribution in [3.05, 3.63) is 72.6 Å². The Kier molecular flexibility index (Phi) is 9.45. The Hall–Kier alpha value is -2.98. The molecule has 32 heavy (non-hydrogen) atoms. The van der Waals surface area contributed by atoms with Crippen LogP contribution in [0.2, 0.25) is 0 Å². The molecule has 1 N–H and O–H groups in total. The third kappa shape index (κ3) is 7.61. The third-order valence-corrected chi connectivity index (χ3v) is 5.54. The second-order valence-electron chi connectivity index (χ2n) is 8.19. The molecular formula is C28H34N2O2. The standard InChI is InChI=1S/C28H34N2O2/c1-3-4-8-19-32-22(2)9-6-5-7-10-23-11-13-24(14-12-23)25-15-17-26(18-16-25)27-20-29-28(31)30-21-27/h7,10-18,20-22H,3-6,8-9,19H2,1-2H3,(H,29,30,31). The van der Waals surface area contributed by atoms with Crippen LogP contribution in [0.3, 0.4) is 0 Å². The SMILES string of the molecule is CCCCCOC(C)CCCC=Cc1ccc(-c2ccc(-c3cnc(O)nc3)cc2)cc1. The summed E-state index contributed by atoms with van der Waals surface area (Å²) in [6.07, 6.45) is 15.1. The topological polar surface area (TPSA) is 55.2 Å². The summed E-state index contributed by atoms with van der Waals surface area (Å²) >= 11 is 0. The van der Waals surface area contributed by atoms with Crippen molar-refractivity contribution in [2.75, 3.05) is 6.61 Å². The lowest BCUT2D eigenvalue weighted by Gasteiger charge is -2.12. The average Bonchev–Trinajstić information content (AvgIpc) is 2.83. The van der Waals surface area contributed by atoms with Gasteiger partial charge in [0.1, 0.15) is 0 Å². The fourth-order valence-electron chi connectivity index (χ4n) is 3.57. The lowest BCUT2D eigenvalue weighted by atomic mass is 10.0. The Morgan fingerprint density at radius 3 is 2.06 bits per heavy atom. The number of hydrogen-bond acceptors (Lipinski definition) is 4. The molecule has 1 atom stereocenters. The summed E-state index contributed by atoms with van der Waals surface area (Å²) in [6, 6.07) is 16.7. The van der Waals surface area contributed by atoms with Gasteiger partial charge in [-0.2, -0.15) is 0 Å². The minimum atomic E-state index is -0.208. The van der Waals surface area contributed by atoms with E-state index < -0.39 is 0 Å². The van der Waals surface area contributed by atoms with Gasteiger partial charge in [0.2, 0.25) is 0 Å². The number of nitrogens with zero attached hydrogens (tertiary/aromatic N) is 2. The van der Waals surface area contributed by atoms with Crippen molar-refractivity contribution in [2.45, 2.75) is 58.5 Å². The molecule has 2 aromatic carbocycles. The van der Waals surface area contributed by atoms with Gasteiger partial charge in [0.25, 0.3) is 0 Å². The molecule has 0 saturated carbocycles. The zero-order valence-corrected chi connectivity index (χ0v) is 19.2. The molecule has 1 heterocycles. The molecule has 0 bridgehead atoms. The van der Waals surface area contributed by atoms with Crippen LogP contribution >= 0.6 is 0 Å². The zero-order chi connectivity index (χ0) is 22.6. The van der Waals surface area contributed by atoms with Crippen LogP contribution in [0.1, 0.15) is 57.9 Å². The van der Waals surface area contributed by atoms with Gasteiger partial charge in [0.15, 0.2) is 0 Å². The molecule has 1 unspecified atom stereocenters. The van der Waals surface area contributed by atoms with Gasteiger partial charge in [-0.1, -0.05) is 80.4 Å². The highest BCUT2D eigenvalue weighted by atomic mass is 16.5. The van der Waals surface area contributed by atoms with Crippen molar-refractivity contribution in [3.63, 3.8) is 0 Å². The summed E-state index contributed by atoms with van der Waals surface area (Å²) < 4.78 is 5.86. The molecule has 1 aromatic heterocycles. The molecule has 0 fully saturated rings. The maximum atomic E-state index is 9.23. The second kappa shape index (κ2) is 12.8. The molecule has 0 spiro atoms. The van der Waals surface area contributed by atoms with E-state index in [9.17, 15) is 5.11 Å². The molecule has 0 aliphatic heterocycles. The summed E-state index contributed by atoms with van der Waals surface area (Å²) in [5, 5.41) is 9.23. The van der Waals surface area contributed by atoms with Gasteiger partial charge in [-0.05, 0) is 54.9 Å². The van der Waals surface area contributed by atoms with Gasteiger partial charge in [-0.3, -0.25) is 0 Å². The number of unbranched alkanes of at least 4 members (excludes halogenated alkanes) is 3. The average molecular weight is 431 g/mol. The first-order chi connectivity index (χ1) is 15.7. The Morgan fingerprint density at radius 2 is 1.44 bits per heavy atom. The van der Waals surface area contributed by atoms with Crippen LogP contribution in [0.25, 0.3) is 28.3 Å². The van der Waals surface area contributed by atoms with Gasteiger partial charge < -0.3 is 9.84 Å². The Labute approximate surface area is 192 Å². The van der Waals surface area contributed by atoms with Crippen LogP contribution in [0.4, 0.5) is 0 Å². The largest absolute Gasteiger partial charge is 0.479 e. The van der Waals surface area contributed by atoms with Crippen molar-refractivity contribution < 1.29 is 9.84 Å². The van der Waals surface area contributed by atoms with Gasteiger partial charge >= 0.3 is 6.01 Å². The fraction of sp³-hybridized carbons (Fsp3) is 0.357. The number of rotatable bonds is 12. The van der Waals surface area contributed by atoms with E-state index in [-0.39, 0.29) is 6.01 Å². The van der Waals surface area contributed by atoms with E-state index in [2.05, 4.69) is 72.4 Å². The van der Waals surface area contributed by atoms with E-state index in [4.69, 9.17) is 4.74 Å². The summed E-state index contributed by atoms with van der Waals surface area (Å²) in [4.78, 5) is 7.68. The van der Waals surface area contributed by atoms with Crippen LogP contribution < -0.4 is 0 Å². The summed E-state index contributed by atoms with van der Waals surface area (Å²) in [5.41, 5.74) is 5.47. The van der Waals surface area contributed by atoms with E-state index in [1.807, 2.05) is 12.1 Å². The van der Waals surface area contributed by atoms with E-state index in [0.717, 1.165) is 42.6 Å². The highest BCUT2D eigenvalue weighted by Crippen LogP contribution is 2.25. The van der Waals surface area contributed by atoms with Crippen molar-refractivity contribution in [3.8, 4) is 28.3 Å². The first-order valence-corrected chi connectivity index (χ1v) is 11.7. The predicted octanol–water partition coefficient (Wildman–Crippen LogP) is 7.30. The Balaban J connectivity index is 1.45. The summed E-state index contributed by atoms with van der Waals surface area (Å²) in [7, 11) is 0. The third-order valence-electron chi connectivity index (χ3n) is 5.54. The number of benzene rings is 2. The van der Waals surface area contributed by atoms with E-state index in [1.54, 1.807) is 12.4 Å². The minimum absolute atomic E-state index is 0.208. The molecule has 0 aliphatic rings. The molecule has 0 saturated heterocycles. The number of allylic oxidation sites excluding steroid dienone is 1. The van der Waals surface area contributed by atoms with Gasteiger partial charge in [-0.15, -0.1) is 0 Å². The second-order valence-corrected chi connectivity index (χ2v) is 8.19.